The zero-order valence-electron chi connectivity index (χ0n) is 15.3. The summed E-state index contributed by atoms with van der Waals surface area (Å²) in [5.41, 5.74) is 1.16. The van der Waals surface area contributed by atoms with Crippen molar-refractivity contribution in [2.75, 3.05) is 6.54 Å². The molecule has 0 bridgehead atoms. The molecule has 2 aliphatic rings. The number of aromatic nitrogens is 2. The van der Waals surface area contributed by atoms with Gasteiger partial charge >= 0.3 is 0 Å². The fourth-order valence-electron chi connectivity index (χ4n) is 4.53. The van der Waals surface area contributed by atoms with E-state index in [1.54, 1.807) is 0 Å². The Labute approximate surface area is 154 Å². The molecule has 1 amide bonds. The van der Waals surface area contributed by atoms with Crippen molar-refractivity contribution in [2.45, 2.75) is 63.8 Å². The summed E-state index contributed by atoms with van der Waals surface area (Å²) >= 11 is 0. The number of nitrogens with zero attached hydrogens (tertiary/aromatic N) is 3. The lowest BCUT2D eigenvalue weighted by Crippen LogP contribution is -2.49. The standard InChI is InChI=1S/C21H27N3O2/c25-21(24-14-6-10-17-9-4-5-11-18(17)24)13-12-20-22-19(23-26-20)15-16-7-2-1-3-8-16/h1-3,7-8,17-18H,4-6,9-15H2/t17-,18-/m1/s1. The number of likely N-dealkylation sites (tertiary alicyclic amines) is 1. The lowest BCUT2D eigenvalue weighted by Gasteiger charge is -2.44. The highest BCUT2D eigenvalue weighted by Gasteiger charge is 2.35. The maximum atomic E-state index is 12.8. The molecule has 5 heteroatoms. The van der Waals surface area contributed by atoms with Gasteiger partial charge in [-0.25, -0.2) is 0 Å². The summed E-state index contributed by atoms with van der Waals surface area (Å²) in [6, 6.07) is 10.6. The number of carbonyl (C=O) groups excluding carboxylic acids is 1. The van der Waals surface area contributed by atoms with Gasteiger partial charge in [-0.3, -0.25) is 4.79 Å². The van der Waals surface area contributed by atoms with Gasteiger partial charge in [0.05, 0.1) is 0 Å². The molecule has 0 spiro atoms. The normalized spacial score (nSPS) is 22.8. The van der Waals surface area contributed by atoms with Crippen molar-refractivity contribution in [3.8, 4) is 0 Å². The number of piperidine rings is 1. The molecule has 0 radical (unpaired) electrons. The van der Waals surface area contributed by atoms with Crippen molar-refractivity contribution >= 4 is 5.91 Å². The minimum atomic E-state index is 0.254. The van der Waals surface area contributed by atoms with Crippen LogP contribution in [0.5, 0.6) is 0 Å². The molecular weight excluding hydrogens is 326 g/mol. The second kappa shape index (κ2) is 8.02. The van der Waals surface area contributed by atoms with Crippen LogP contribution >= 0.6 is 0 Å². The third kappa shape index (κ3) is 3.97. The van der Waals surface area contributed by atoms with Gasteiger partial charge in [-0.15, -0.1) is 0 Å². The molecule has 26 heavy (non-hydrogen) atoms. The number of benzene rings is 1. The second-order valence-electron chi connectivity index (χ2n) is 7.61. The van der Waals surface area contributed by atoms with E-state index in [4.69, 9.17) is 4.52 Å². The molecule has 2 aromatic rings. The number of hydrogen-bond acceptors (Lipinski definition) is 4. The molecule has 1 aliphatic heterocycles. The van der Waals surface area contributed by atoms with Crippen molar-refractivity contribution in [1.82, 2.24) is 15.0 Å². The van der Waals surface area contributed by atoms with Crippen LogP contribution in [0.3, 0.4) is 0 Å². The average molecular weight is 353 g/mol. The summed E-state index contributed by atoms with van der Waals surface area (Å²) in [5, 5.41) is 4.06. The van der Waals surface area contributed by atoms with E-state index in [1.807, 2.05) is 18.2 Å². The van der Waals surface area contributed by atoms with Crippen LogP contribution in [0.1, 0.15) is 62.2 Å². The van der Waals surface area contributed by atoms with E-state index in [0.717, 1.165) is 24.4 Å². The quantitative estimate of drug-likeness (QED) is 0.821. The largest absolute Gasteiger partial charge is 0.339 e. The first kappa shape index (κ1) is 17.3. The van der Waals surface area contributed by atoms with Gasteiger partial charge in [-0.2, -0.15) is 4.98 Å². The molecule has 2 atom stereocenters. The maximum Gasteiger partial charge on any atom is 0.227 e. The highest BCUT2D eigenvalue weighted by Crippen LogP contribution is 2.35. The fraction of sp³-hybridized carbons (Fsp3) is 0.571. The first-order valence-corrected chi connectivity index (χ1v) is 9.94. The second-order valence-corrected chi connectivity index (χ2v) is 7.61. The Kier molecular flexibility index (Phi) is 5.32. The highest BCUT2D eigenvalue weighted by molar-refractivity contribution is 5.76. The summed E-state index contributed by atoms with van der Waals surface area (Å²) in [6.07, 6.45) is 9.17. The Bertz CT molecular complexity index is 726. The Balaban J connectivity index is 1.31. The number of amides is 1. The van der Waals surface area contributed by atoms with Gasteiger partial charge in [0.1, 0.15) is 0 Å². The maximum absolute atomic E-state index is 12.8. The van der Waals surface area contributed by atoms with Gasteiger partial charge in [0.15, 0.2) is 5.82 Å². The van der Waals surface area contributed by atoms with E-state index in [9.17, 15) is 4.79 Å². The fourth-order valence-corrected chi connectivity index (χ4v) is 4.53. The molecule has 1 saturated carbocycles. The Morgan fingerprint density at radius 3 is 2.81 bits per heavy atom. The number of rotatable bonds is 5. The van der Waals surface area contributed by atoms with Gasteiger partial charge in [-0.1, -0.05) is 48.3 Å². The van der Waals surface area contributed by atoms with Crippen LogP contribution in [0.4, 0.5) is 0 Å². The lowest BCUT2D eigenvalue weighted by atomic mass is 9.78. The SMILES string of the molecule is O=C(CCc1nc(Cc2ccccc2)no1)N1CCC[C@H]2CCCC[C@H]21. The molecule has 2 heterocycles. The number of hydrogen-bond donors (Lipinski definition) is 0. The van der Waals surface area contributed by atoms with Crippen molar-refractivity contribution in [3.63, 3.8) is 0 Å². The van der Waals surface area contributed by atoms with Gasteiger partial charge < -0.3 is 9.42 Å². The molecule has 2 fully saturated rings. The Hall–Kier alpha value is -2.17. The van der Waals surface area contributed by atoms with E-state index in [-0.39, 0.29) is 5.91 Å². The zero-order valence-corrected chi connectivity index (χ0v) is 15.3. The average Bonchev–Trinajstić information content (AvgIpc) is 3.14. The third-order valence-corrected chi connectivity index (χ3v) is 5.83. The molecule has 138 valence electrons. The molecule has 1 aliphatic carbocycles. The van der Waals surface area contributed by atoms with E-state index in [0.29, 0.717) is 37.0 Å². The number of carbonyl (C=O) groups is 1. The van der Waals surface area contributed by atoms with E-state index >= 15 is 0 Å². The van der Waals surface area contributed by atoms with Crippen LogP contribution < -0.4 is 0 Å². The Morgan fingerprint density at radius 2 is 1.92 bits per heavy atom. The minimum absolute atomic E-state index is 0.254. The third-order valence-electron chi connectivity index (χ3n) is 5.83. The van der Waals surface area contributed by atoms with Crippen LogP contribution in [0, 0.1) is 5.92 Å². The van der Waals surface area contributed by atoms with Crippen LogP contribution in [0.2, 0.25) is 0 Å². The predicted octanol–water partition coefficient (Wildman–Crippen LogP) is 3.77. The topological polar surface area (TPSA) is 59.2 Å². The van der Waals surface area contributed by atoms with Gasteiger partial charge in [0.25, 0.3) is 0 Å². The molecule has 1 aromatic heterocycles. The number of aryl methyl sites for hydroxylation is 1. The number of fused-ring (bicyclic) bond motifs is 1. The first-order valence-electron chi connectivity index (χ1n) is 9.94. The van der Waals surface area contributed by atoms with Crippen molar-refractivity contribution in [1.29, 1.82) is 0 Å². The summed E-state index contributed by atoms with van der Waals surface area (Å²) < 4.78 is 5.35. The molecular formula is C21H27N3O2. The molecule has 5 nitrogen and oxygen atoms in total. The van der Waals surface area contributed by atoms with Crippen LogP contribution in [0.15, 0.2) is 34.9 Å². The van der Waals surface area contributed by atoms with Crippen molar-refractivity contribution in [2.24, 2.45) is 5.92 Å². The molecule has 4 rings (SSSR count). The van der Waals surface area contributed by atoms with Crippen LogP contribution in [-0.4, -0.2) is 33.5 Å². The Morgan fingerprint density at radius 1 is 1.12 bits per heavy atom. The summed E-state index contributed by atoms with van der Waals surface area (Å²) in [5.74, 6) is 2.23. The van der Waals surface area contributed by atoms with Crippen molar-refractivity contribution < 1.29 is 9.32 Å². The zero-order chi connectivity index (χ0) is 17.8. The predicted molar refractivity (Wildman–Crippen MR) is 98.6 cm³/mol. The van der Waals surface area contributed by atoms with Gasteiger partial charge in [0.2, 0.25) is 11.8 Å². The molecule has 1 aromatic carbocycles. The summed E-state index contributed by atoms with van der Waals surface area (Å²) in [4.78, 5) is 19.4. The lowest BCUT2D eigenvalue weighted by molar-refractivity contribution is -0.137. The smallest absolute Gasteiger partial charge is 0.227 e. The molecule has 1 saturated heterocycles. The first-order chi connectivity index (χ1) is 12.8. The van der Waals surface area contributed by atoms with Gasteiger partial charge in [-0.05, 0) is 37.2 Å². The van der Waals surface area contributed by atoms with E-state index in [2.05, 4.69) is 27.2 Å². The van der Waals surface area contributed by atoms with Crippen LogP contribution in [0.25, 0.3) is 0 Å². The highest BCUT2D eigenvalue weighted by atomic mass is 16.5. The summed E-state index contributed by atoms with van der Waals surface area (Å²) in [6.45, 7) is 0.920. The van der Waals surface area contributed by atoms with E-state index in [1.165, 1.54) is 32.1 Å². The van der Waals surface area contributed by atoms with Crippen LogP contribution in [-0.2, 0) is 17.6 Å². The van der Waals surface area contributed by atoms with Crippen molar-refractivity contribution in [3.05, 3.63) is 47.6 Å². The summed E-state index contributed by atoms with van der Waals surface area (Å²) in [7, 11) is 0. The van der Waals surface area contributed by atoms with E-state index < -0.39 is 0 Å². The minimum Gasteiger partial charge on any atom is -0.339 e. The van der Waals surface area contributed by atoms with Gasteiger partial charge in [0, 0.05) is 31.8 Å². The molecule has 0 N–H and O–H groups in total. The molecule has 0 unspecified atom stereocenters. The monoisotopic (exact) mass is 353 g/mol.